The Hall–Kier alpha value is -3.41. The van der Waals surface area contributed by atoms with Gasteiger partial charge in [-0.25, -0.2) is 4.98 Å². The summed E-state index contributed by atoms with van der Waals surface area (Å²) >= 11 is 0. The molecule has 26 heavy (non-hydrogen) atoms. The summed E-state index contributed by atoms with van der Waals surface area (Å²) in [5.41, 5.74) is 2.11. The van der Waals surface area contributed by atoms with E-state index in [4.69, 9.17) is 0 Å². The molecule has 3 aromatic rings. The summed E-state index contributed by atoms with van der Waals surface area (Å²) in [7, 11) is 0. The third-order valence-corrected chi connectivity index (χ3v) is 4.27. The van der Waals surface area contributed by atoms with Gasteiger partial charge in [-0.05, 0) is 36.8 Å². The van der Waals surface area contributed by atoms with E-state index < -0.39 is 17.9 Å². The van der Waals surface area contributed by atoms with Crippen LogP contribution < -0.4 is 5.32 Å². The topological polar surface area (TPSA) is 84.2 Å². The molecule has 0 saturated heterocycles. The largest absolute Gasteiger partial charge is 0.481 e. The Morgan fingerprint density at radius 1 is 1.08 bits per heavy atom. The molecule has 0 spiro atoms. The average molecular weight is 349 g/mol. The molecule has 3 rings (SSSR count). The van der Waals surface area contributed by atoms with Gasteiger partial charge in [-0.15, -0.1) is 0 Å². The molecular formula is C20H19N3O3. The Kier molecular flexibility index (Phi) is 5.12. The Morgan fingerprint density at radius 2 is 1.77 bits per heavy atom. The average Bonchev–Trinajstić information content (AvgIpc) is 3.21. The van der Waals surface area contributed by atoms with Crippen LogP contribution in [-0.2, 0) is 4.79 Å². The second kappa shape index (κ2) is 7.65. The van der Waals surface area contributed by atoms with E-state index in [0.717, 1.165) is 11.3 Å². The Morgan fingerprint density at radius 3 is 2.35 bits per heavy atom. The van der Waals surface area contributed by atoms with Crippen molar-refractivity contribution < 1.29 is 14.7 Å². The lowest BCUT2D eigenvalue weighted by Crippen LogP contribution is -2.35. The normalized spacial score (nSPS) is 13.0. The summed E-state index contributed by atoms with van der Waals surface area (Å²) < 4.78 is 1.83. The molecule has 0 unspecified atom stereocenters. The van der Waals surface area contributed by atoms with E-state index in [-0.39, 0.29) is 5.91 Å². The fourth-order valence-electron chi connectivity index (χ4n) is 2.72. The minimum atomic E-state index is -0.963. The maximum absolute atomic E-state index is 12.6. The first kappa shape index (κ1) is 17.4. The number of benzene rings is 2. The highest BCUT2D eigenvalue weighted by atomic mass is 16.4. The van der Waals surface area contributed by atoms with E-state index >= 15 is 0 Å². The van der Waals surface area contributed by atoms with E-state index in [0.29, 0.717) is 5.56 Å². The highest BCUT2D eigenvalue weighted by molar-refractivity contribution is 5.95. The van der Waals surface area contributed by atoms with Gasteiger partial charge in [0, 0.05) is 23.6 Å². The predicted octanol–water partition coefficient (Wildman–Crippen LogP) is 3.06. The third kappa shape index (κ3) is 3.80. The number of carboxylic acids is 1. The van der Waals surface area contributed by atoms with E-state index in [2.05, 4.69) is 10.3 Å². The maximum Gasteiger partial charge on any atom is 0.308 e. The van der Waals surface area contributed by atoms with Crippen LogP contribution in [0.25, 0.3) is 5.69 Å². The first-order chi connectivity index (χ1) is 12.6. The van der Waals surface area contributed by atoms with Crippen LogP contribution in [0.15, 0.2) is 73.3 Å². The zero-order valence-electron chi connectivity index (χ0n) is 14.2. The molecule has 0 radical (unpaired) electrons. The number of nitrogens with zero attached hydrogens (tertiary/aromatic N) is 2. The van der Waals surface area contributed by atoms with Crippen molar-refractivity contribution in [3.63, 3.8) is 0 Å². The number of aromatic nitrogens is 2. The summed E-state index contributed by atoms with van der Waals surface area (Å²) in [5.74, 6) is -2.04. The Labute approximate surface area is 151 Å². The van der Waals surface area contributed by atoms with Crippen molar-refractivity contribution in [2.75, 3.05) is 0 Å². The molecule has 6 nitrogen and oxygen atoms in total. The predicted molar refractivity (Wildman–Crippen MR) is 97.0 cm³/mol. The van der Waals surface area contributed by atoms with Crippen molar-refractivity contribution in [1.82, 2.24) is 14.9 Å². The second-order valence-corrected chi connectivity index (χ2v) is 6.01. The van der Waals surface area contributed by atoms with Crippen LogP contribution in [0.5, 0.6) is 0 Å². The minimum absolute atomic E-state index is 0.316. The molecule has 0 aliphatic carbocycles. The number of imidazole rings is 1. The molecule has 2 N–H and O–H groups in total. The molecule has 132 valence electrons. The maximum atomic E-state index is 12.6. The zero-order valence-corrected chi connectivity index (χ0v) is 14.2. The van der Waals surface area contributed by atoms with Gasteiger partial charge in [-0.1, -0.05) is 30.3 Å². The molecular weight excluding hydrogens is 330 g/mol. The molecule has 1 aromatic heterocycles. The molecule has 6 heteroatoms. The van der Waals surface area contributed by atoms with Crippen molar-refractivity contribution in [3.05, 3.63) is 84.4 Å². The van der Waals surface area contributed by atoms with Crippen molar-refractivity contribution in [3.8, 4) is 5.69 Å². The Bertz CT molecular complexity index is 874. The number of hydrogen-bond donors (Lipinski definition) is 2. The molecule has 0 aliphatic heterocycles. The quantitative estimate of drug-likeness (QED) is 0.716. The van der Waals surface area contributed by atoms with Crippen LogP contribution in [0.2, 0.25) is 0 Å². The van der Waals surface area contributed by atoms with Crippen molar-refractivity contribution in [1.29, 1.82) is 0 Å². The number of hydrogen-bond acceptors (Lipinski definition) is 3. The van der Waals surface area contributed by atoms with Gasteiger partial charge in [-0.2, -0.15) is 0 Å². The van der Waals surface area contributed by atoms with Crippen LogP contribution in [0, 0.1) is 5.92 Å². The fourth-order valence-corrected chi connectivity index (χ4v) is 2.72. The molecule has 2 aromatic carbocycles. The summed E-state index contributed by atoms with van der Waals surface area (Å²) in [6.45, 7) is 1.59. The molecule has 1 amide bonds. The van der Waals surface area contributed by atoms with Crippen LogP contribution >= 0.6 is 0 Å². The van der Waals surface area contributed by atoms with E-state index in [1.807, 2.05) is 53.2 Å². The molecule has 0 bridgehead atoms. The summed E-state index contributed by atoms with van der Waals surface area (Å²) in [6, 6.07) is 15.5. The lowest BCUT2D eigenvalue weighted by Gasteiger charge is -2.23. The number of carboxylic acid groups (broad SMARTS) is 1. The van der Waals surface area contributed by atoms with E-state index in [1.165, 1.54) is 0 Å². The lowest BCUT2D eigenvalue weighted by atomic mass is 9.94. The smallest absolute Gasteiger partial charge is 0.308 e. The number of aliphatic carboxylic acids is 1. The highest BCUT2D eigenvalue weighted by Crippen LogP contribution is 2.23. The molecule has 0 aliphatic rings. The van der Waals surface area contributed by atoms with E-state index in [1.54, 1.807) is 31.6 Å². The molecule has 0 saturated carbocycles. The van der Waals surface area contributed by atoms with Crippen LogP contribution in [-0.4, -0.2) is 26.5 Å². The van der Waals surface area contributed by atoms with Gasteiger partial charge in [0.05, 0.1) is 18.3 Å². The fraction of sp³-hybridized carbons (Fsp3) is 0.150. The van der Waals surface area contributed by atoms with Gasteiger partial charge in [0.2, 0.25) is 0 Å². The molecule has 1 heterocycles. The number of rotatable bonds is 6. The van der Waals surface area contributed by atoms with Gasteiger partial charge in [0.1, 0.15) is 0 Å². The number of carbonyl (C=O) groups is 2. The van der Waals surface area contributed by atoms with Gasteiger partial charge < -0.3 is 15.0 Å². The minimum Gasteiger partial charge on any atom is -0.481 e. The summed E-state index contributed by atoms with van der Waals surface area (Å²) in [6.07, 6.45) is 5.17. The number of nitrogens with one attached hydrogen (secondary N) is 1. The zero-order chi connectivity index (χ0) is 18.5. The van der Waals surface area contributed by atoms with Crippen molar-refractivity contribution >= 4 is 11.9 Å². The first-order valence-electron chi connectivity index (χ1n) is 8.23. The number of amides is 1. The highest BCUT2D eigenvalue weighted by Gasteiger charge is 2.27. The van der Waals surface area contributed by atoms with Crippen molar-refractivity contribution in [2.24, 2.45) is 5.92 Å². The SMILES string of the molecule is C[C@@H](C(=O)O)[C@@H](NC(=O)c1ccc(-n2ccnc2)cc1)c1ccccc1. The molecule has 0 fully saturated rings. The van der Waals surface area contributed by atoms with Gasteiger partial charge in [-0.3, -0.25) is 9.59 Å². The van der Waals surface area contributed by atoms with Crippen LogP contribution in [0.1, 0.15) is 28.9 Å². The van der Waals surface area contributed by atoms with Gasteiger partial charge >= 0.3 is 5.97 Å². The summed E-state index contributed by atoms with van der Waals surface area (Å²) in [4.78, 5) is 28.1. The van der Waals surface area contributed by atoms with Crippen LogP contribution in [0.3, 0.4) is 0 Å². The van der Waals surface area contributed by atoms with Crippen molar-refractivity contribution in [2.45, 2.75) is 13.0 Å². The Balaban J connectivity index is 1.80. The second-order valence-electron chi connectivity index (χ2n) is 6.01. The van der Waals surface area contributed by atoms with Gasteiger partial charge in [0.15, 0.2) is 0 Å². The first-order valence-corrected chi connectivity index (χ1v) is 8.23. The lowest BCUT2D eigenvalue weighted by molar-refractivity contribution is -0.142. The van der Waals surface area contributed by atoms with Gasteiger partial charge in [0.25, 0.3) is 5.91 Å². The van der Waals surface area contributed by atoms with Crippen LogP contribution in [0.4, 0.5) is 0 Å². The molecule has 2 atom stereocenters. The monoisotopic (exact) mass is 349 g/mol. The number of carbonyl (C=O) groups excluding carboxylic acids is 1. The third-order valence-electron chi connectivity index (χ3n) is 4.27. The summed E-state index contributed by atoms with van der Waals surface area (Å²) in [5, 5.41) is 12.2. The van der Waals surface area contributed by atoms with E-state index in [9.17, 15) is 14.7 Å². The standard InChI is InChI=1S/C20H19N3O3/c1-14(20(25)26)18(15-5-3-2-4-6-15)22-19(24)16-7-9-17(10-8-16)23-12-11-21-13-23/h2-14,18H,1H3,(H,22,24)(H,25,26)/t14-,18-/m1/s1.